The van der Waals surface area contributed by atoms with Gasteiger partial charge in [0.1, 0.15) is 16.7 Å². The molecule has 3 aromatic heterocycles. The molecule has 0 spiro atoms. The smallest absolute Gasteiger partial charge is 0.280 e. The molecule has 182 valence electrons. The predicted octanol–water partition coefficient (Wildman–Crippen LogP) is 3.92. The van der Waals surface area contributed by atoms with Crippen LogP contribution in [-0.2, 0) is 17.9 Å². The second-order valence-corrected chi connectivity index (χ2v) is 8.51. The van der Waals surface area contributed by atoms with Crippen LogP contribution >= 0.6 is 0 Å². The zero-order valence-corrected chi connectivity index (χ0v) is 19.8. The van der Waals surface area contributed by atoms with Crippen LogP contribution in [0, 0.1) is 12.7 Å². The van der Waals surface area contributed by atoms with Crippen LogP contribution in [-0.4, -0.2) is 30.0 Å². The number of carbonyl (C=O) groups is 1. The third-order valence-electron chi connectivity index (χ3n) is 5.95. The maximum absolute atomic E-state index is 13.6. The van der Waals surface area contributed by atoms with Gasteiger partial charge in [-0.1, -0.05) is 30.3 Å². The number of nitrogens with one attached hydrogen (secondary N) is 1. The summed E-state index contributed by atoms with van der Waals surface area (Å²) in [7, 11) is 0. The lowest BCUT2D eigenvalue weighted by molar-refractivity contribution is -0.121. The van der Waals surface area contributed by atoms with Gasteiger partial charge in [-0.2, -0.15) is 10.2 Å². The second kappa shape index (κ2) is 9.99. The highest BCUT2D eigenvalue weighted by Crippen LogP contribution is 2.24. The molecule has 0 saturated heterocycles. The number of aryl methyl sites for hydroxylation is 2. The summed E-state index contributed by atoms with van der Waals surface area (Å²) >= 11 is 0. The highest BCUT2D eigenvalue weighted by molar-refractivity contribution is 5.87. The molecule has 1 amide bonds. The molecule has 9 heteroatoms. The van der Waals surface area contributed by atoms with Gasteiger partial charge in [-0.05, 0) is 55.3 Å². The van der Waals surface area contributed by atoms with Crippen LogP contribution < -0.4 is 10.9 Å². The Morgan fingerprint density at radius 2 is 1.69 bits per heavy atom. The average molecular weight is 485 g/mol. The number of aromatic nitrogens is 5. The largest absolute Gasteiger partial charge is 0.352 e. The Kier molecular flexibility index (Phi) is 6.44. The second-order valence-electron chi connectivity index (χ2n) is 8.51. The zero-order chi connectivity index (χ0) is 25.1. The normalized spacial score (nSPS) is 11.2. The molecule has 0 unspecified atom stereocenters. The van der Waals surface area contributed by atoms with E-state index in [1.165, 1.54) is 16.8 Å². The lowest BCUT2D eigenvalue weighted by Crippen LogP contribution is -2.26. The fourth-order valence-electron chi connectivity index (χ4n) is 4.16. The van der Waals surface area contributed by atoms with E-state index in [-0.39, 0.29) is 23.7 Å². The topological polar surface area (TPSA) is 86.7 Å². The maximum Gasteiger partial charge on any atom is 0.280 e. The number of halogens is 1. The number of carbonyl (C=O) groups excluding carboxylic acids is 1. The molecule has 1 N–H and O–H groups in total. The molecule has 5 rings (SSSR count). The minimum absolute atomic E-state index is 0.143. The molecule has 0 bridgehead atoms. The fourth-order valence-corrected chi connectivity index (χ4v) is 4.16. The van der Waals surface area contributed by atoms with E-state index in [9.17, 15) is 14.0 Å². The van der Waals surface area contributed by atoms with Gasteiger partial charge in [0, 0.05) is 31.9 Å². The molecule has 2 aromatic carbocycles. The molecule has 36 heavy (non-hydrogen) atoms. The SMILES string of the molecule is Cc1nn(CCCC(=O)NCc2ccc(F)cc2)c(=O)c2c(-n3cccc3)n(-c3ccccc3)nc12. The first kappa shape index (κ1) is 23.2. The van der Waals surface area contributed by atoms with Gasteiger partial charge in [-0.25, -0.2) is 13.8 Å². The molecular formula is C27H25FN6O2. The molecule has 0 saturated carbocycles. The Balaban J connectivity index is 1.39. The Morgan fingerprint density at radius 1 is 0.972 bits per heavy atom. The van der Waals surface area contributed by atoms with Crippen LogP contribution in [0.1, 0.15) is 24.1 Å². The van der Waals surface area contributed by atoms with Crippen molar-refractivity contribution in [3.8, 4) is 11.5 Å². The Hall–Kier alpha value is -4.53. The van der Waals surface area contributed by atoms with Crippen molar-refractivity contribution in [2.45, 2.75) is 32.9 Å². The van der Waals surface area contributed by atoms with Crippen LogP contribution in [0.5, 0.6) is 0 Å². The number of para-hydroxylation sites is 1. The van der Waals surface area contributed by atoms with Crippen LogP contribution in [0.3, 0.4) is 0 Å². The number of benzene rings is 2. The molecule has 0 atom stereocenters. The standard InChI is InChI=1S/C27H25FN6O2/c1-19-25-24(26(32-15-5-6-16-32)34(31-25)22-8-3-2-4-9-22)27(36)33(30-19)17-7-10-23(35)29-18-20-11-13-21(28)14-12-20/h2-6,8-9,11-16H,7,10,17-18H2,1H3,(H,29,35). The molecule has 0 aliphatic rings. The van der Waals surface area contributed by atoms with Gasteiger partial charge in [0.25, 0.3) is 5.56 Å². The number of hydrogen-bond donors (Lipinski definition) is 1. The van der Waals surface area contributed by atoms with Crippen molar-refractivity contribution < 1.29 is 9.18 Å². The third-order valence-corrected chi connectivity index (χ3v) is 5.95. The summed E-state index contributed by atoms with van der Waals surface area (Å²) < 4.78 is 18.1. The maximum atomic E-state index is 13.6. The molecule has 0 radical (unpaired) electrons. The zero-order valence-electron chi connectivity index (χ0n) is 19.8. The number of hydrogen-bond acceptors (Lipinski definition) is 4. The minimum Gasteiger partial charge on any atom is -0.352 e. The molecule has 8 nitrogen and oxygen atoms in total. The minimum atomic E-state index is -0.315. The lowest BCUT2D eigenvalue weighted by atomic mass is 10.2. The van der Waals surface area contributed by atoms with E-state index in [0.29, 0.717) is 41.9 Å². The van der Waals surface area contributed by atoms with E-state index in [1.54, 1.807) is 16.8 Å². The van der Waals surface area contributed by atoms with E-state index in [0.717, 1.165) is 11.3 Å². The Morgan fingerprint density at radius 3 is 2.42 bits per heavy atom. The summed E-state index contributed by atoms with van der Waals surface area (Å²) in [5.74, 6) is 0.183. The molecule has 0 fully saturated rings. The third kappa shape index (κ3) is 4.68. The van der Waals surface area contributed by atoms with E-state index in [1.807, 2.05) is 66.3 Å². The number of rotatable bonds is 8. The summed E-state index contributed by atoms with van der Waals surface area (Å²) in [6, 6.07) is 19.4. The van der Waals surface area contributed by atoms with Crippen LogP contribution in [0.15, 0.2) is 83.9 Å². The van der Waals surface area contributed by atoms with Gasteiger partial charge in [0.15, 0.2) is 5.82 Å². The molecule has 3 heterocycles. The van der Waals surface area contributed by atoms with Crippen molar-refractivity contribution in [3.05, 3.63) is 107 Å². The van der Waals surface area contributed by atoms with Crippen molar-refractivity contribution in [1.29, 1.82) is 0 Å². The van der Waals surface area contributed by atoms with Crippen molar-refractivity contribution in [1.82, 2.24) is 29.4 Å². The highest BCUT2D eigenvalue weighted by Gasteiger charge is 2.21. The number of nitrogens with zero attached hydrogens (tertiary/aromatic N) is 5. The highest BCUT2D eigenvalue weighted by atomic mass is 19.1. The van der Waals surface area contributed by atoms with Gasteiger partial charge in [-0.3, -0.25) is 9.59 Å². The van der Waals surface area contributed by atoms with Gasteiger partial charge in [-0.15, -0.1) is 0 Å². The van der Waals surface area contributed by atoms with Crippen LogP contribution in [0.25, 0.3) is 22.4 Å². The van der Waals surface area contributed by atoms with Gasteiger partial charge in [0.2, 0.25) is 5.91 Å². The number of fused-ring (bicyclic) bond motifs is 1. The first-order chi connectivity index (χ1) is 17.5. The molecule has 5 aromatic rings. The average Bonchev–Trinajstić information content (AvgIpc) is 3.55. The van der Waals surface area contributed by atoms with Gasteiger partial charge < -0.3 is 9.88 Å². The quantitative estimate of drug-likeness (QED) is 0.362. The summed E-state index contributed by atoms with van der Waals surface area (Å²) in [4.78, 5) is 25.9. The molecular weight excluding hydrogens is 459 g/mol. The van der Waals surface area contributed by atoms with E-state index in [4.69, 9.17) is 5.10 Å². The Bertz CT molecular complexity index is 1550. The Labute approximate surface area is 206 Å². The van der Waals surface area contributed by atoms with E-state index >= 15 is 0 Å². The molecule has 0 aliphatic heterocycles. The van der Waals surface area contributed by atoms with Crippen LogP contribution in [0.2, 0.25) is 0 Å². The summed E-state index contributed by atoms with van der Waals surface area (Å²) in [6.07, 6.45) is 4.43. The van der Waals surface area contributed by atoms with Crippen molar-refractivity contribution >= 4 is 16.8 Å². The van der Waals surface area contributed by atoms with E-state index < -0.39 is 0 Å². The van der Waals surface area contributed by atoms with Gasteiger partial charge in [0.05, 0.1) is 11.4 Å². The fraction of sp³-hybridized carbons (Fsp3) is 0.185. The van der Waals surface area contributed by atoms with Crippen LogP contribution in [0.4, 0.5) is 4.39 Å². The van der Waals surface area contributed by atoms with Crippen molar-refractivity contribution in [2.24, 2.45) is 0 Å². The summed E-state index contributed by atoms with van der Waals surface area (Å²) in [5.41, 5.74) is 2.57. The lowest BCUT2D eigenvalue weighted by Gasteiger charge is -2.09. The molecule has 0 aliphatic carbocycles. The first-order valence-corrected chi connectivity index (χ1v) is 11.7. The number of amides is 1. The van der Waals surface area contributed by atoms with Crippen molar-refractivity contribution in [3.63, 3.8) is 0 Å². The summed E-state index contributed by atoms with van der Waals surface area (Å²) in [6.45, 7) is 2.44. The van der Waals surface area contributed by atoms with E-state index in [2.05, 4.69) is 10.4 Å². The summed E-state index contributed by atoms with van der Waals surface area (Å²) in [5, 5.41) is 12.5. The predicted molar refractivity (Wildman–Crippen MR) is 135 cm³/mol. The monoisotopic (exact) mass is 484 g/mol. The first-order valence-electron chi connectivity index (χ1n) is 11.7. The van der Waals surface area contributed by atoms with Gasteiger partial charge >= 0.3 is 0 Å². The van der Waals surface area contributed by atoms with Crippen molar-refractivity contribution in [2.75, 3.05) is 0 Å².